The summed E-state index contributed by atoms with van der Waals surface area (Å²) in [5.41, 5.74) is 0.636. The Hall–Kier alpha value is -1.62. The van der Waals surface area contributed by atoms with Crippen molar-refractivity contribution in [2.75, 3.05) is 27.7 Å². The number of phenols is 1. The summed E-state index contributed by atoms with van der Waals surface area (Å²) in [5, 5.41) is 9.24. The van der Waals surface area contributed by atoms with Crippen molar-refractivity contribution in [1.29, 1.82) is 0 Å². The molecule has 0 spiro atoms. The normalized spacial score (nSPS) is 10.6. The van der Waals surface area contributed by atoms with Gasteiger partial charge in [-0.1, -0.05) is 0 Å². The second-order valence-electron chi connectivity index (χ2n) is 4.28. The van der Waals surface area contributed by atoms with Crippen LogP contribution in [0.3, 0.4) is 0 Å². The van der Waals surface area contributed by atoms with Gasteiger partial charge in [0.15, 0.2) is 0 Å². The van der Waals surface area contributed by atoms with E-state index in [1.807, 2.05) is 0 Å². The van der Waals surface area contributed by atoms with Crippen LogP contribution < -0.4 is 0 Å². The number of phenolic OH excluding ortho intramolecular Hbond substituents is 1. The van der Waals surface area contributed by atoms with Gasteiger partial charge < -0.3 is 10.0 Å². The fourth-order valence-corrected chi connectivity index (χ4v) is 1.46. The summed E-state index contributed by atoms with van der Waals surface area (Å²) in [6.45, 7) is 0.662. The summed E-state index contributed by atoms with van der Waals surface area (Å²) >= 11 is 0. The SMILES string of the molecule is CN(CC(=O)N(C)C)Cc1cc(O)cc(F)c1. The molecule has 0 aromatic heterocycles. The average molecular weight is 240 g/mol. The third-order valence-electron chi connectivity index (χ3n) is 2.30. The van der Waals surface area contributed by atoms with Crippen molar-refractivity contribution < 1.29 is 14.3 Å². The number of carbonyl (C=O) groups is 1. The molecule has 0 saturated heterocycles. The first-order chi connectivity index (χ1) is 7.88. The molecule has 0 heterocycles. The molecule has 0 unspecified atom stereocenters. The van der Waals surface area contributed by atoms with Crippen LogP contribution >= 0.6 is 0 Å². The maximum atomic E-state index is 13.0. The molecule has 5 heteroatoms. The van der Waals surface area contributed by atoms with E-state index in [1.54, 1.807) is 26.0 Å². The first-order valence-corrected chi connectivity index (χ1v) is 5.25. The van der Waals surface area contributed by atoms with E-state index in [0.29, 0.717) is 12.1 Å². The lowest BCUT2D eigenvalue weighted by molar-refractivity contribution is -0.129. The summed E-state index contributed by atoms with van der Waals surface area (Å²) in [4.78, 5) is 14.7. The van der Waals surface area contributed by atoms with Gasteiger partial charge in [-0.05, 0) is 24.7 Å². The second-order valence-corrected chi connectivity index (χ2v) is 4.28. The number of benzene rings is 1. The minimum atomic E-state index is -0.479. The smallest absolute Gasteiger partial charge is 0.236 e. The van der Waals surface area contributed by atoms with Gasteiger partial charge in [0.25, 0.3) is 0 Å². The van der Waals surface area contributed by atoms with Gasteiger partial charge in [-0.2, -0.15) is 0 Å². The Morgan fingerprint density at radius 2 is 1.94 bits per heavy atom. The third kappa shape index (κ3) is 4.40. The summed E-state index contributed by atoms with van der Waals surface area (Å²) in [5.74, 6) is -0.604. The van der Waals surface area contributed by atoms with Crippen LogP contribution in [-0.2, 0) is 11.3 Å². The highest BCUT2D eigenvalue weighted by Gasteiger charge is 2.09. The quantitative estimate of drug-likeness (QED) is 0.855. The van der Waals surface area contributed by atoms with Crippen LogP contribution in [0.4, 0.5) is 4.39 Å². The Bertz CT molecular complexity index is 387. The van der Waals surface area contributed by atoms with Gasteiger partial charge in [-0.25, -0.2) is 4.39 Å². The molecule has 1 aromatic carbocycles. The molecule has 1 N–H and O–H groups in total. The predicted molar refractivity (Wildman–Crippen MR) is 63.1 cm³/mol. The van der Waals surface area contributed by atoms with Crippen molar-refractivity contribution in [3.8, 4) is 5.75 Å². The molecule has 0 aliphatic carbocycles. The molecule has 17 heavy (non-hydrogen) atoms. The summed E-state index contributed by atoms with van der Waals surface area (Å²) in [6.07, 6.45) is 0. The van der Waals surface area contributed by atoms with Crippen LogP contribution in [0.5, 0.6) is 5.75 Å². The molecule has 1 aromatic rings. The zero-order valence-electron chi connectivity index (χ0n) is 10.3. The maximum absolute atomic E-state index is 13.0. The molecule has 0 atom stereocenters. The van der Waals surface area contributed by atoms with Gasteiger partial charge in [-0.15, -0.1) is 0 Å². The predicted octanol–water partition coefficient (Wildman–Crippen LogP) is 1.05. The van der Waals surface area contributed by atoms with Crippen molar-refractivity contribution >= 4 is 5.91 Å². The zero-order chi connectivity index (χ0) is 13.0. The molecule has 0 saturated carbocycles. The van der Waals surface area contributed by atoms with Gasteiger partial charge in [0.1, 0.15) is 11.6 Å². The fourth-order valence-electron chi connectivity index (χ4n) is 1.46. The van der Waals surface area contributed by atoms with Crippen molar-refractivity contribution in [2.24, 2.45) is 0 Å². The lowest BCUT2D eigenvalue weighted by Gasteiger charge is -2.19. The van der Waals surface area contributed by atoms with E-state index in [0.717, 1.165) is 6.07 Å². The van der Waals surface area contributed by atoms with Gasteiger partial charge >= 0.3 is 0 Å². The van der Waals surface area contributed by atoms with Crippen LogP contribution in [0.1, 0.15) is 5.56 Å². The summed E-state index contributed by atoms with van der Waals surface area (Å²) in [7, 11) is 5.14. The maximum Gasteiger partial charge on any atom is 0.236 e. The van der Waals surface area contributed by atoms with Crippen molar-refractivity contribution in [3.05, 3.63) is 29.6 Å². The van der Waals surface area contributed by atoms with E-state index < -0.39 is 5.82 Å². The minimum absolute atomic E-state index is 0.0203. The van der Waals surface area contributed by atoms with Crippen molar-refractivity contribution in [2.45, 2.75) is 6.54 Å². The van der Waals surface area contributed by atoms with Crippen LogP contribution in [0.2, 0.25) is 0 Å². The highest BCUT2D eigenvalue weighted by atomic mass is 19.1. The minimum Gasteiger partial charge on any atom is -0.508 e. The number of hydrogen-bond acceptors (Lipinski definition) is 3. The lowest BCUT2D eigenvalue weighted by Crippen LogP contribution is -2.34. The molecule has 94 valence electrons. The fraction of sp³-hybridized carbons (Fsp3) is 0.417. The Balaban J connectivity index is 2.61. The monoisotopic (exact) mass is 240 g/mol. The molecule has 1 amide bonds. The number of likely N-dealkylation sites (N-methyl/N-ethyl adjacent to an activating group) is 2. The van der Waals surface area contributed by atoms with Gasteiger partial charge in [0, 0.05) is 26.7 Å². The van der Waals surface area contributed by atoms with Crippen LogP contribution in [-0.4, -0.2) is 48.5 Å². The molecule has 0 bridgehead atoms. The molecule has 0 fully saturated rings. The standard InChI is InChI=1S/C12H17FN2O2/c1-14(2)12(17)8-15(3)7-9-4-10(13)6-11(16)5-9/h4-6,16H,7-8H2,1-3H3. The third-order valence-corrected chi connectivity index (χ3v) is 2.30. The second kappa shape index (κ2) is 5.63. The van der Waals surface area contributed by atoms with Crippen LogP contribution in [0.25, 0.3) is 0 Å². The number of halogens is 1. The molecule has 0 aliphatic heterocycles. The number of nitrogens with zero attached hydrogens (tertiary/aromatic N) is 2. The van der Waals surface area contributed by atoms with E-state index in [-0.39, 0.29) is 18.2 Å². The topological polar surface area (TPSA) is 43.8 Å². The molecule has 4 nitrogen and oxygen atoms in total. The Morgan fingerprint density at radius 3 is 2.47 bits per heavy atom. The van der Waals surface area contributed by atoms with E-state index >= 15 is 0 Å². The van der Waals surface area contributed by atoms with Gasteiger partial charge in [-0.3, -0.25) is 9.69 Å². The summed E-state index contributed by atoms with van der Waals surface area (Å²) < 4.78 is 13.0. The Labute approximate surface area is 100 Å². The molecule has 1 rings (SSSR count). The number of carbonyl (C=O) groups excluding carboxylic acids is 1. The van der Waals surface area contributed by atoms with Gasteiger partial charge in [0.2, 0.25) is 5.91 Å². The zero-order valence-corrected chi connectivity index (χ0v) is 10.3. The number of hydrogen-bond donors (Lipinski definition) is 1. The molecular weight excluding hydrogens is 223 g/mol. The average Bonchev–Trinajstić information content (AvgIpc) is 2.14. The number of rotatable bonds is 4. The van der Waals surface area contributed by atoms with Crippen LogP contribution in [0, 0.1) is 5.82 Å². The van der Waals surface area contributed by atoms with Crippen LogP contribution in [0.15, 0.2) is 18.2 Å². The Morgan fingerprint density at radius 1 is 1.29 bits per heavy atom. The van der Waals surface area contributed by atoms with E-state index in [9.17, 15) is 14.3 Å². The van der Waals surface area contributed by atoms with E-state index in [1.165, 1.54) is 17.0 Å². The molecule has 0 aliphatic rings. The highest BCUT2D eigenvalue weighted by Crippen LogP contribution is 2.15. The first kappa shape index (κ1) is 13.4. The van der Waals surface area contributed by atoms with Crippen molar-refractivity contribution in [3.63, 3.8) is 0 Å². The number of aromatic hydroxyl groups is 1. The molecular formula is C12H17FN2O2. The van der Waals surface area contributed by atoms with E-state index in [2.05, 4.69) is 0 Å². The summed E-state index contributed by atoms with van der Waals surface area (Å²) in [6, 6.07) is 3.88. The van der Waals surface area contributed by atoms with E-state index in [4.69, 9.17) is 0 Å². The first-order valence-electron chi connectivity index (χ1n) is 5.25. The largest absolute Gasteiger partial charge is 0.508 e. The van der Waals surface area contributed by atoms with Gasteiger partial charge in [0.05, 0.1) is 6.54 Å². The lowest BCUT2D eigenvalue weighted by atomic mass is 10.2. The molecule has 0 radical (unpaired) electrons. The highest BCUT2D eigenvalue weighted by molar-refractivity contribution is 5.77. The Kier molecular flexibility index (Phi) is 4.45. The number of amides is 1. The van der Waals surface area contributed by atoms with Crippen molar-refractivity contribution in [1.82, 2.24) is 9.80 Å².